The quantitative estimate of drug-likeness (QED) is 0.779. The molecule has 0 aliphatic rings. The summed E-state index contributed by atoms with van der Waals surface area (Å²) in [6.07, 6.45) is -3.75. The number of rotatable bonds is 5. The van der Waals surface area contributed by atoms with Crippen molar-refractivity contribution in [3.05, 3.63) is 35.1 Å². The van der Waals surface area contributed by atoms with Gasteiger partial charge >= 0.3 is 6.18 Å². The van der Waals surface area contributed by atoms with Crippen molar-refractivity contribution in [2.24, 2.45) is 5.92 Å². The molecule has 0 spiro atoms. The monoisotopic (exact) mass is 277 g/mol. The molecule has 0 aliphatic carbocycles. The molecule has 0 fully saturated rings. The van der Waals surface area contributed by atoms with Gasteiger partial charge in [-0.2, -0.15) is 13.2 Å². The Kier molecular flexibility index (Phi) is 5.35. The van der Waals surface area contributed by atoms with E-state index in [2.05, 4.69) is 5.32 Å². The third-order valence-corrected chi connectivity index (χ3v) is 3.29. The van der Waals surface area contributed by atoms with E-state index in [1.54, 1.807) is 0 Å². The second-order valence-electron chi connectivity index (χ2n) is 4.65. The predicted molar refractivity (Wildman–Crippen MR) is 67.3 cm³/mol. The van der Waals surface area contributed by atoms with Gasteiger partial charge in [-0.1, -0.05) is 27.2 Å². The number of hydrogen-bond donors (Lipinski definition) is 1. The van der Waals surface area contributed by atoms with Crippen molar-refractivity contribution in [2.75, 3.05) is 6.54 Å². The molecule has 0 bridgehead atoms. The lowest BCUT2D eigenvalue weighted by Gasteiger charge is -2.27. The summed E-state index contributed by atoms with van der Waals surface area (Å²) in [5.41, 5.74) is -0.774. The number of benzene rings is 1. The van der Waals surface area contributed by atoms with E-state index in [0.717, 1.165) is 18.2 Å². The smallest absolute Gasteiger partial charge is 0.310 e. The first-order chi connectivity index (χ1) is 8.81. The van der Waals surface area contributed by atoms with E-state index in [1.807, 2.05) is 20.8 Å². The molecule has 0 aliphatic heterocycles. The van der Waals surface area contributed by atoms with Gasteiger partial charge in [0, 0.05) is 6.04 Å². The van der Waals surface area contributed by atoms with Gasteiger partial charge in [0.05, 0.1) is 5.56 Å². The lowest BCUT2D eigenvalue weighted by molar-refractivity contribution is -0.138. The van der Waals surface area contributed by atoms with Crippen LogP contribution in [0.4, 0.5) is 17.6 Å². The minimum atomic E-state index is -4.47. The maximum absolute atomic E-state index is 13.3. The van der Waals surface area contributed by atoms with Crippen molar-refractivity contribution in [3.8, 4) is 0 Å². The summed E-state index contributed by atoms with van der Waals surface area (Å²) in [7, 11) is 0. The maximum atomic E-state index is 13.3. The van der Waals surface area contributed by atoms with E-state index in [1.165, 1.54) is 0 Å². The maximum Gasteiger partial charge on any atom is 0.416 e. The average Bonchev–Trinajstić information content (AvgIpc) is 2.33. The average molecular weight is 277 g/mol. The molecule has 0 saturated heterocycles. The topological polar surface area (TPSA) is 12.0 Å². The third kappa shape index (κ3) is 3.93. The van der Waals surface area contributed by atoms with Crippen LogP contribution in [-0.4, -0.2) is 6.54 Å². The van der Waals surface area contributed by atoms with Crippen molar-refractivity contribution >= 4 is 0 Å². The molecule has 5 heteroatoms. The van der Waals surface area contributed by atoms with Gasteiger partial charge < -0.3 is 5.32 Å². The van der Waals surface area contributed by atoms with Gasteiger partial charge in [-0.25, -0.2) is 4.39 Å². The first kappa shape index (κ1) is 16.0. The van der Waals surface area contributed by atoms with Crippen LogP contribution in [0, 0.1) is 11.7 Å². The minimum Gasteiger partial charge on any atom is -0.310 e. The summed E-state index contributed by atoms with van der Waals surface area (Å²) in [5.74, 6) is -0.656. The fraction of sp³-hybridized carbons (Fsp3) is 0.571. The van der Waals surface area contributed by atoms with E-state index >= 15 is 0 Å². The van der Waals surface area contributed by atoms with Crippen LogP contribution in [0.2, 0.25) is 0 Å². The van der Waals surface area contributed by atoms with Crippen LogP contribution in [0.3, 0.4) is 0 Å². The predicted octanol–water partition coefficient (Wildman–Crippen LogP) is 4.54. The van der Waals surface area contributed by atoms with Gasteiger partial charge in [0.25, 0.3) is 0 Å². The Balaban J connectivity index is 3.31. The van der Waals surface area contributed by atoms with Crippen LogP contribution in [0.25, 0.3) is 0 Å². The van der Waals surface area contributed by atoms with Crippen molar-refractivity contribution in [1.29, 1.82) is 0 Å². The van der Waals surface area contributed by atoms with E-state index in [4.69, 9.17) is 0 Å². The van der Waals surface area contributed by atoms with Gasteiger partial charge in [-0.15, -0.1) is 0 Å². The minimum absolute atomic E-state index is 0.0105. The summed E-state index contributed by atoms with van der Waals surface area (Å²) in [4.78, 5) is 0. The van der Waals surface area contributed by atoms with Gasteiger partial charge in [0.1, 0.15) is 5.82 Å². The molecule has 0 heterocycles. The molecule has 108 valence electrons. The number of hydrogen-bond acceptors (Lipinski definition) is 1. The molecule has 1 rings (SSSR count). The molecule has 0 saturated carbocycles. The van der Waals surface area contributed by atoms with Gasteiger partial charge in [-0.3, -0.25) is 0 Å². The Hall–Kier alpha value is -1.10. The highest BCUT2D eigenvalue weighted by molar-refractivity contribution is 5.33. The Bertz CT molecular complexity index is 414. The van der Waals surface area contributed by atoms with E-state index in [9.17, 15) is 17.6 Å². The Labute approximate surface area is 111 Å². The Morgan fingerprint density at radius 2 is 1.84 bits per heavy atom. The van der Waals surface area contributed by atoms with Crippen LogP contribution >= 0.6 is 0 Å². The largest absolute Gasteiger partial charge is 0.416 e. The highest BCUT2D eigenvalue weighted by Gasteiger charge is 2.36. The first-order valence-electron chi connectivity index (χ1n) is 6.41. The van der Waals surface area contributed by atoms with Crippen LogP contribution in [-0.2, 0) is 6.18 Å². The molecule has 1 aromatic carbocycles. The molecular formula is C14H19F4N. The number of alkyl halides is 3. The van der Waals surface area contributed by atoms with Gasteiger partial charge in [-0.05, 0) is 36.2 Å². The molecule has 1 N–H and O–H groups in total. The second kappa shape index (κ2) is 6.37. The highest BCUT2D eigenvalue weighted by atomic mass is 19.4. The fourth-order valence-corrected chi connectivity index (χ4v) is 2.12. The van der Waals surface area contributed by atoms with Crippen molar-refractivity contribution in [2.45, 2.75) is 39.4 Å². The fourth-order valence-electron chi connectivity index (χ4n) is 2.12. The molecule has 2 unspecified atom stereocenters. The van der Waals surface area contributed by atoms with Crippen LogP contribution < -0.4 is 5.32 Å². The molecule has 1 nitrogen and oxygen atoms in total. The summed E-state index contributed by atoms with van der Waals surface area (Å²) in [6.45, 7) is 6.12. The van der Waals surface area contributed by atoms with Crippen LogP contribution in [0.1, 0.15) is 44.4 Å². The summed E-state index contributed by atoms with van der Waals surface area (Å²) < 4.78 is 52.3. The molecule has 0 amide bonds. The van der Waals surface area contributed by atoms with Crippen molar-refractivity contribution in [1.82, 2.24) is 5.32 Å². The lowest BCUT2D eigenvalue weighted by atomic mass is 9.89. The first-order valence-corrected chi connectivity index (χ1v) is 6.41. The standard InChI is InChI=1S/C14H19F4N/c1-4-9(3)13(19-5-2)11-8-10(15)6-7-12(11)14(16,17)18/h6-9,13,19H,4-5H2,1-3H3. The van der Waals surface area contributed by atoms with E-state index in [0.29, 0.717) is 13.0 Å². The zero-order chi connectivity index (χ0) is 14.6. The molecule has 1 aromatic rings. The lowest BCUT2D eigenvalue weighted by Crippen LogP contribution is -2.29. The zero-order valence-corrected chi connectivity index (χ0v) is 11.3. The third-order valence-electron chi connectivity index (χ3n) is 3.29. The van der Waals surface area contributed by atoms with Gasteiger partial charge in [0.15, 0.2) is 0 Å². The normalized spacial score (nSPS) is 15.3. The highest BCUT2D eigenvalue weighted by Crippen LogP contribution is 2.37. The number of halogens is 4. The van der Waals surface area contributed by atoms with Crippen molar-refractivity contribution < 1.29 is 17.6 Å². The van der Waals surface area contributed by atoms with Crippen molar-refractivity contribution in [3.63, 3.8) is 0 Å². The second-order valence-corrected chi connectivity index (χ2v) is 4.65. The molecular weight excluding hydrogens is 258 g/mol. The summed E-state index contributed by atoms with van der Waals surface area (Å²) in [5, 5.41) is 3.02. The molecule has 19 heavy (non-hydrogen) atoms. The van der Waals surface area contributed by atoms with Crippen LogP contribution in [0.5, 0.6) is 0 Å². The van der Waals surface area contributed by atoms with E-state index in [-0.39, 0.29) is 11.5 Å². The zero-order valence-electron chi connectivity index (χ0n) is 11.3. The molecule has 0 radical (unpaired) electrons. The van der Waals surface area contributed by atoms with E-state index < -0.39 is 23.6 Å². The molecule has 2 atom stereocenters. The molecule has 0 aromatic heterocycles. The summed E-state index contributed by atoms with van der Waals surface area (Å²) in [6, 6.07) is 2.16. The Morgan fingerprint density at radius 1 is 1.21 bits per heavy atom. The summed E-state index contributed by atoms with van der Waals surface area (Å²) >= 11 is 0. The van der Waals surface area contributed by atoms with Crippen LogP contribution in [0.15, 0.2) is 18.2 Å². The van der Waals surface area contributed by atoms with Gasteiger partial charge in [0.2, 0.25) is 0 Å². The SMILES string of the molecule is CCNC(c1cc(F)ccc1C(F)(F)F)C(C)CC. The number of nitrogens with one attached hydrogen (secondary N) is 1. The Morgan fingerprint density at radius 3 is 2.32 bits per heavy atom.